The first-order chi connectivity index (χ1) is 11.3. The Hall–Kier alpha value is -1.09. The van der Waals surface area contributed by atoms with Crippen molar-refractivity contribution in [3.05, 3.63) is 36.1 Å². The third-order valence-corrected chi connectivity index (χ3v) is 5.64. The maximum atomic E-state index is 12.1. The van der Waals surface area contributed by atoms with E-state index in [-0.39, 0.29) is 28.7 Å². The first-order valence-corrected chi connectivity index (χ1v) is 9.41. The molecule has 1 N–H and O–H groups in total. The smallest absolute Gasteiger partial charge is 0.193 e. The first kappa shape index (κ1) is 22.0. The van der Waals surface area contributed by atoms with Gasteiger partial charge in [-0.3, -0.25) is 9.20 Å². The van der Waals surface area contributed by atoms with Gasteiger partial charge in [0.05, 0.1) is 6.54 Å². The second kappa shape index (κ2) is 9.56. The van der Waals surface area contributed by atoms with Crippen LogP contribution in [0.4, 0.5) is 0 Å². The Balaban J connectivity index is 0.00000312. The van der Waals surface area contributed by atoms with Gasteiger partial charge in [-0.2, -0.15) is 0 Å². The number of guanidine groups is 1. The van der Waals surface area contributed by atoms with Gasteiger partial charge in [0.15, 0.2) is 5.96 Å². The van der Waals surface area contributed by atoms with E-state index in [2.05, 4.69) is 10.3 Å². The molecule has 1 aromatic heterocycles. The van der Waals surface area contributed by atoms with Crippen LogP contribution in [-0.4, -0.2) is 46.2 Å². The lowest BCUT2D eigenvalue weighted by atomic mass is 10.2. The second-order valence-corrected chi connectivity index (χ2v) is 9.07. The van der Waals surface area contributed by atoms with Crippen LogP contribution >= 0.6 is 24.0 Å². The average Bonchev–Trinajstić information content (AvgIpc) is 2.92. The molecule has 0 amide bonds. The highest BCUT2D eigenvalue weighted by Crippen LogP contribution is 2.19. The number of furan rings is 1. The van der Waals surface area contributed by atoms with E-state index in [9.17, 15) is 4.21 Å². The number of aliphatic imine (C=N–C) groups is 1. The van der Waals surface area contributed by atoms with Gasteiger partial charge in [-0.1, -0.05) is 18.2 Å². The normalized spacial score (nSPS) is 13.4. The van der Waals surface area contributed by atoms with Crippen molar-refractivity contribution >= 4 is 51.7 Å². The molecule has 1 aromatic carbocycles. The van der Waals surface area contributed by atoms with Gasteiger partial charge in [0.1, 0.15) is 11.3 Å². The van der Waals surface area contributed by atoms with Crippen LogP contribution in [0, 0.1) is 0 Å². The van der Waals surface area contributed by atoms with E-state index in [4.69, 9.17) is 4.42 Å². The molecule has 0 aliphatic heterocycles. The number of para-hydroxylation sites is 1. The van der Waals surface area contributed by atoms with E-state index in [0.29, 0.717) is 18.8 Å². The van der Waals surface area contributed by atoms with Crippen molar-refractivity contribution in [1.29, 1.82) is 0 Å². The predicted octanol–water partition coefficient (Wildman–Crippen LogP) is 3.61. The number of hydrogen-bond donors (Lipinski definition) is 1. The van der Waals surface area contributed by atoms with Crippen LogP contribution < -0.4 is 5.32 Å². The zero-order valence-corrected chi connectivity index (χ0v) is 18.7. The van der Waals surface area contributed by atoms with Crippen molar-refractivity contribution in [2.75, 3.05) is 26.4 Å². The fourth-order valence-corrected chi connectivity index (χ4v) is 3.27. The molecule has 2 aromatic rings. The molecule has 25 heavy (non-hydrogen) atoms. The van der Waals surface area contributed by atoms with Gasteiger partial charge in [0.25, 0.3) is 0 Å². The van der Waals surface area contributed by atoms with Gasteiger partial charge in [-0.15, -0.1) is 24.0 Å². The summed E-state index contributed by atoms with van der Waals surface area (Å²) in [5.74, 6) is 2.25. The standard InChI is InChI=1S/C18H27N3O2S.HI/c1-18(2,3)24(22)11-10-20-17(19-4)21(5)13-15-12-14-8-6-7-9-16(14)23-15;/h6-9,12H,10-11,13H2,1-5H3,(H,19,20);1H. The van der Waals surface area contributed by atoms with Gasteiger partial charge in [0, 0.05) is 47.3 Å². The lowest BCUT2D eigenvalue weighted by Gasteiger charge is -2.22. The highest BCUT2D eigenvalue weighted by atomic mass is 127. The molecule has 1 unspecified atom stereocenters. The van der Waals surface area contributed by atoms with Crippen LogP contribution in [0.5, 0.6) is 0 Å². The number of benzene rings is 1. The number of halogens is 1. The zero-order chi connectivity index (χ0) is 17.7. The fourth-order valence-electron chi connectivity index (χ4n) is 2.37. The average molecular weight is 477 g/mol. The van der Waals surface area contributed by atoms with Gasteiger partial charge >= 0.3 is 0 Å². The van der Waals surface area contributed by atoms with Crippen LogP contribution in [0.3, 0.4) is 0 Å². The van der Waals surface area contributed by atoms with Gasteiger partial charge < -0.3 is 14.6 Å². The first-order valence-electron chi connectivity index (χ1n) is 8.09. The number of nitrogens with zero attached hydrogens (tertiary/aromatic N) is 2. The monoisotopic (exact) mass is 477 g/mol. The largest absolute Gasteiger partial charge is 0.459 e. The molecule has 140 valence electrons. The molecule has 0 saturated heterocycles. The van der Waals surface area contributed by atoms with Crippen molar-refractivity contribution < 1.29 is 8.63 Å². The Morgan fingerprint density at radius 1 is 1.32 bits per heavy atom. The van der Waals surface area contributed by atoms with E-state index in [0.717, 1.165) is 22.7 Å². The summed E-state index contributed by atoms with van der Waals surface area (Å²) in [7, 11) is 2.84. The fraction of sp³-hybridized carbons (Fsp3) is 0.500. The van der Waals surface area contributed by atoms with E-state index in [1.807, 2.05) is 63.1 Å². The lowest BCUT2D eigenvalue weighted by molar-refractivity contribution is 0.413. The van der Waals surface area contributed by atoms with E-state index in [1.54, 1.807) is 7.05 Å². The molecular formula is C18H28IN3O2S. The molecule has 0 saturated carbocycles. The van der Waals surface area contributed by atoms with Gasteiger partial charge in [0.2, 0.25) is 0 Å². The summed E-state index contributed by atoms with van der Waals surface area (Å²) in [6, 6.07) is 10.0. The van der Waals surface area contributed by atoms with Crippen molar-refractivity contribution in [1.82, 2.24) is 10.2 Å². The highest BCUT2D eigenvalue weighted by molar-refractivity contribution is 14.0. The topological polar surface area (TPSA) is 57.8 Å². The maximum absolute atomic E-state index is 12.1. The van der Waals surface area contributed by atoms with Gasteiger partial charge in [-0.25, -0.2) is 0 Å². The third-order valence-electron chi connectivity index (χ3n) is 3.70. The molecule has 2 rings (SSSR count). The van der Waals surface area contributed by atoms with Crippen molar-refractivity contribution in [3.8, 4) is 0 Å². The minimum absolute atomic E-state index is 0. The van der Waals surface area contributed by atoms with Crippen LogP contribution in [0.1, 0.15) is 26.5 Å². The molecule has 0 radical (unpaired) electrons. The van der Waals surface area contributed by atoms with Crippen molar-refractivity contribution in [2.24, 2.45) is 4.99 Å². The minimum atomic E-state index is -0.872. The molecule has 7 heteroatoms. The van der Waals surface area contributed by atoms with Crippen LogP contribution in [0.15, 0.2) is 39.7 Å². The Labute approximate surface area is 169 Å². The van der Waals surface area contributed by atoms with Crippen molar-refractivity contribution in [2.45, 2.75) is 32.1 Å². The maximum Gasteiger partial charge on any atom is 0.193 e. The number of hydrogen-bond acceptors (Lipinski definition) is 3. The molecular weight excluding hydrogens is 449 g/mol. The second-order valence-electron chi connectivity index (χ2n) is 6.74. The van der Waals surface area contributed by atoms with Gasteiger partial charge in [-0.05, 0) is 32.9 Å². The summed E-state index contributed by atoms with van der Waals surface area (Å²) in [4.78, 5) is 6.29. The SMILES string of the molecule is CN=C(NCCS(=O)C(C)(C)C)N(C)Cc1cc2ccccc2o1.I. The molecule has 0 bridgehead atoms. The van der Waals surface area contributed by atoms with Crippen LogP contribution in [0.25, 0.3) is 11.0 Å². The summed E-state index contributed by atoms with van der Waals surface area (Å²) in [5, 5.41) is 4.37. The molecule has 1 heterocycles. The Bertz CT molecular complexity index is 704. The van der Waals surface area contributed by atoms with Crippen LogP contribution in [0.2, 0.25) is 0 Å². The molecule has 0 aliphatic carbocycles. The third kappa shape index (κ3) is 6.29. The molecule has 5 nitrogen and oxygen atoms in total. The summed E-state index contributed by atoms with van der Waals surface area (Å²) in [6.07, 6.45) is 0. The quantitative estimate of drug-likeness (QED) is 0.406. The highest BCUT2D eigenvalue weighted by Gasteiger charge is 2.19. The molecule has 0 aliphatic rings. The zero-order valence-electron chi connectivity index (χ0n) is 15.5. The molecule has 0 spiro atoms. The lowest BCUT2D eigenvalue weighted by Crippen LogP contribution is -2.41. The Morgan fingerprint density at radius 2 is 2.00 bits per heavy atom. The van der Waals surface area contributed by atoms with E-state index >= 15 is 0 Å². The Morgan fingerprint density at radius 3 is 2.60 bits per heavy atom. The number of fused-ring (bicyclic) bond motifs is 1. The molecule has 0 fully saturated rings. The Kier molecular flexibility index (Phi) is 8.40. The van der Waals surface area contributed by atoms with E-state index < -0.39 is 10.8 Å². The van der Waals surface area contributed by atoms with Crippen LogP contribution in [-0.2, 0) is 17.3 Å². The predicted molar refractivity (Wildman–Crippen MR) is 117 cm³/mol. The molecule has 1 atom stereocenters. The van der Waals surface area contributed by atoms with Crippen molar-refractivity contribution in [3.63, 3.8) is 0 Å². The summed E-state index contributed by atoms with van der Waals surface area (Å²) < 4.78 is 17.8. The summed E-state index contributed by atoms with van der Waals surface area (Å²) in [6.45, 7) is 7.22. The summed E-state index contributed by atoms with van der Waals surface area (Å²) in [5.41, 5.74) is 0.893. The van der Waals surface area contributed by atoms with E-state index in [1.165, 1.54) is 0 Å². The minimum Gasteiger partial charge on any atom is -0.459 e. The summed E-state index contributed by atoms with van der Waals surface area (Å²) >= 11 is 0. The number of rotatable bonds is 5. The number of nitrogens with one attached hydrogen (secondary N) is 1.